The highest BCUT2D eigenvalue weighted by Gasteiger charge is 2.65. The average Bonchev–Trinajstić information content (AvgIpc) is 1.56. The molecule has 16 atom stereocenters. The minimum atomic E-state index is -0.625. The molecule has 16 unspecified atom stereocenters. The van der Waals surface area contributed by atoms with E-state index in [-0.39, 0.29) is 122 Å². The normalized spacial score (nSPS) is 27.3. The Balaban J connectivity index is 0.750. The van der Waals surface area contributed by atoms with Crippen LogP contribution >= 0.6 is 0 Å². The van der Waals surface area contributed by atoms with Crippen molar-refractivity contribution in [2.45, 2.75) is 139 Å². The van der Waals surface area contributed by atoms with Gasteiger partial charge in [0.1, 0.15) is 68.6 Å². The molecule has 64 radical (unpaired) electrons. The summed E-state index contributed by atoms with van der Waals surface area (Å²) in [5.74, 6) is 4.71. The molecule has 21 rings (SSSR count). The summed E-state index contributed by atoms with van der Waals surface area (Å²) in [4.78, 5) is 40.4. The standard InChI is InChI=1S/C80H50B48N8O4/c81-105-65-73(113-89,121(65)97)25-33-9-34(26-74(114-90)66(106-82)122(74)98)14-45(13-33)137-41-1-5-49-53(21-41)61-130-57(49)129-58-50-6-2-43(139-47-17-37(29-77(117-93)69(109-85)125(77)101)11-38(18-47)30-78(118-94)70(110-86)126(78)102)23-55(50)63(131-58)136-64-56-24-44(140-48-19-39(31-79(119-95)71(111-87)127(79)103)12-40(20-48)32-80(120-96)72(112-88)128(80)104)4-8-52(56)60(135-64)134-62-54-22-42(3-7-51(54)59(132-61)133-62)138-46-15-35(27-75(115-91)67(107-83)123(75)99)10-36(16-46)28-76(116-92)68(108-84)124(76)100/h1-24,65-72H,25-32H2,(H2,129,130,131,132,133,134,135,136)/i105-1,106-1,107-1,108-1,109-1,110-1,111-1,112-1,113-1,114-1,115-1,116-1,117-1,118-1,119-1,120-1,121-1,122-1,123-1,124-1,125-1,126-1,127-1,128-1. The lowest BCUT2D eigenvalue weighted by Crippen LogP contribution is -2.17. The Hall–Kier alpha value is -6.56. The number of benzene rings is 8. The first-order chi connectivity index (χ1) is 67.5. The highest BCUT2D eigenvalue weighted by molar-refractivity contribution is 7.34. The van der Waals surface area contributed by atoms with E-state index in [2.05, 4.69) is 34.2 Å². The first-order valence-electron chi connectivity index (χ1n) is 47.1. The molecular weight excluding hydrogens is 1640 g/mol. The van der Waals surface area contributed by atoms with Crippen molar-refractivity contribution in [1.29, 1.82) is 0 Å². The minimum absolute atomic E-state index is 0.164. The molecule has 13 heterocycles. The largest absolute Gasteiger partial charge is 0.457 e. The van der Waals surface area contributed by atoms with Gasteiger partial charge in [-0.05, 0) is 217 Å². The van der Waals surface area contributed by atoms with Crippen molar-refractivity contribution in [3.63, 3.8) is 0 Å². The maximum atomic E-state index is 7.11. The Morgan fingerprint density at radius 1 is 0.214 bits per heavy atom. The van der Waals surface area contributed by atoms with Gasteiger partial charge in [-0.25, -0.2) is 29.9 Å². The molecule has 8 saturated heterocycles. The van der Waals surface area contributed by atoms with Gasteiger partial charge in [-0.2, -0.15) is 0 Å². The van der Waals surface area contributed by atoms with E-state index in [0.29, 0.717) is 164 Å². The van der Waals surface area contributed by atoms with Gasteiger partial charge >= 0.3 is 0 Å². The zero-order chi connectivity index (χ0) is 98.1. The second kappa shape index (κ2) is 38.0. The summed E-state index contributed by atoms with van der Waals surface area (Å²) in [6.07, 6.45) is 3.58. The van der Waals surface area contributed by atoms with Crippen molar-refractivity contribution in [3.8, 4) is 91.5 Å². The molecule has 3 aromatic heterocycles. The van der Waals surface area contributed by atoms with Gasteiger partial charge < -0.3 is 28.9 Å². The first kappa shape index (κ1) is 99.4. The Morgan fingerprint density at radius 3 is 0.593 bits per heavy atom. The fraction of sp³-hybridized carbons (Fsp3) is 0.300. The van der Waals surface area contributed by atoms with Gasteiger partial charge in [0.25, 0.3) is 0 Å². The summed E-state index contributed by atoms with van der Waals surface area (Å²) >= 11 is 0. The van der Waals surface area contributed by atoms with E-state index in [0.717, 1.165) is 44.5 Å². The molecule has 0 aliphatic carbocycles. The van der Waals surface area contributed by atoms with E-state index >= 15 is 0 Å². The van der Waals surface area contributed by atoms with E-state index < -0.39 is 41.7 Å². The number of fused-ring (bicyclic) bond motifs is 20. The zero-order valence-electron chi connectivity index (χ0n) is 77.2. The monoisotopic (exact) mass is 1690 g/mol. The fourth-order valence-electron chi connectivity index (χ4n) is 24.0. The van der Waals surface area contributed by atoms with Gasteiger partial charge in [0.15, 0.2) is 23.3 Å². The van der Waals surface area contributed by atoms with Crippen LogP contribution in [0.1, 0.15) is 44.5 Å². The van der Waals surface area contributed by atoms with Crippen LogP contribution in [0.5, 0.6) is 46.0 Å². The summed E-state index contributed by atoms with van der Waals surface area (Å²) in [6.45, 7) is -2.53. The van der Waals surface area contributed by atoms with Gasteiger partial charge in [0, 0.05) is 287 Å². The quantitative estimate of drug-likeness (QED) is 0.0524. The highest BCUT2D eigenvalue weighted by Crippen LogP contribution is 2.69. The predicted octanol–water partition coefficient (Wildman–Crippen LogP) is 0.575. The molecular formula is C80H50B48N8O4. The van der Waals surface area contributed by atoms with Crippen LogP contribution in [0.2, 0.25) is 87.4 Å². The number of H-pyrrole nitrogens is 2. The molecule has 12 nitrogen and oxygen atoms in total. The first-order valence-corrected chi connectivity index (χ1v) is 47.1. The molecule has 8 bridgehead atoms. The molecule has 578 valence electrons. The van der Waals surface area contributed by atoms with Crippen molar-refractivity contribution in [2.24, 2.45) is 0 Å². The second-order valence-corrected chi connectivity index (χ2v) is 40.4. The van der Waals surface area contributed by atoms with Crippen LogP contribution in [0.25, 0.3) is 89.7 Å². The van der Waals surface area contributed by atoms with Crippen LogP contribution in [0, 0.1) is 0 Å². The van der Waals surface area contributed by atoms with E-state index in [4.69, 9.17) is 235 Å². The van der Waals surface area contributed by atoms with E-state index in [1.165, 1.54) is 0 Å². The molecule has 0 saturated carbocycles. The van der Waals surface area contributed by atoms with E-state index in [1.54, 1.807) is 115 Å². The smallest absolute Gasteiger partial charge is 0.164 e. The highest BCUT2D eigenvalue weighted by atomic mass is 16.5. The van der Waals surface area contributed by atoms with Crippen LogP contribution in [0.3, 0.4) is 0 Å². The SMILES string of the molecule is [B][10B]C1[10B]([B])C1([10B][B])Cc1cc(CC2([10B][B])[10B]([B])C2[10B][B])cc(Oc2ccc3c(c2)-c2nc-3nc3[nH]c(nc4nc(nc5[nH]c(n2)c2ccc(Oc6cc(CC7([10B][B])[10B]([B])C7[10B][B])cc(CC7([10B][B])[10B]([B])C7[10B][B])c6)cc52)-c2ccc(Oc5cc(CC6([10B][B])[10B]([B])C6[10B][B])cc(CC6([10B][B])[10B]([B])C6[10B][B])c5)cc2-4)c2cc(Oc4cc(CC5([10B][B])[10B]([B])C5[10B][B])cc(CC5([10B][B])[10B]([B])C5[10B][B])c4)ccc32)c1. The van der Waals surface area contributed by atoms with Crippen molar-refractivity contribution in [2.75, 3.05) is 0 Å². The molecule has 8 fully saturated rings. The Labute approximate surface area is 869 Å². The molecule has 60 heteroatoms. The fourth-order valence-corrected chi connectivity index (χ4v) is 24.0. The zero-order valence-corrected chi connectivity index (χ0v) is 77.2. The lowest BCUT2D eigenvalue weighted by molar-refractivity contribution is 0.481. The summed E-state index contributed by atoms with van der Waals surface area (Å²) < 4.78 is 28.4. The van der Waals surface area contributed by atoms with Crippen LogP contribution in [-0.2, 0) is 51.4 Å². The van der Waals surface area contributed by atoms with Gasteiger partial charge in [0.2, 0.25) is 0 Å². The van der Waals surface area contributed by atoms with Gasteiger partial charge in [0.05, 0.1) is 110 Å². The minimum Gasteiger partial charge on any atom is -0.457 e. The van der Waals surface area contributed by atoms with E-state index in [9.17, 15) is 0 Å². The van der Waals surface area contributed by atoms with Crippen LogP contribution < -0.4 is 18.9 Å². The van der Waals surface area contributed by atoms with Crippen molar-refractivity contribution < 1.29 is 18.9 Å². The number of nitrogens with one attached hydrogen (secondary N) is 2. The van der Waals surface area contributed by atoms with Gasteiger partial charge in [-0.1, -0.05) is 24.3 Å². The number of rotatable bonds is 40. The van der Waals surface area contributed by atoms with Crippen LogP contribution in [0.4, 0.5) is 0 Å². The Kier molecular flexibility index (Phi) is 27.0. The number of hydrogen-bond donors (Lipinski definition) is 2. The summed E-state index contributed by atoms with van der Waals surface area (Å²) in [5, 5.41) is -2.59. The lowest BCUT2D eigenvalue weighted by Gasteiger charge is -2.22. The molecule has 2 N–H and O–H groups in total. The Morgan fingerprint density at radius 2 is 0.400 bits per heavy atom. The molecule has 10 aliphatic heterocycles. The average molecular weight is 1690 g/mol. The molecule has 140 heavy (non-hydrogen) atoms. The number of aromatic nitrogens is 8. The van der Waals surface area contributed by atoms with Crippen molar-refractivity contribution >= 4 is 397 Å². The maximum Gasteiger partial charge on any atom is 0.164 e. The van der Waals surface area contributed by atoms with E-state index in [1.807, 2.05) is 121 Å². The summed E-state index contributed by atoms with van der Waals surface area (Å²) in [7, 11) is 181. The number of ether oxygens (including phenoxy) is 4. The molecule has 11 aromatic rings. The van der Waals surface area contributed by atoms with Crippen LogP contribution in [-0.4, -0.2) is 393 Å². The van der Waals surface area contributed by atoms with Crippen molar-refractivity contribution in [3.05, 3.63) is 190 Å². The number of hydrogen-bond acceptors (Lipinski definition) is 10. The third kappa shape index (κ3) is 16.7. The van der Waals surface area contributed by atoms with Gasteiger partial charge in [-0.15, -0.1) is 87.4 Å². The van der Waals surface area contributed by atoms with Gasteiger partial charge in [-0.3, -0.25) is 0 Å². The molecule has 0 amide bonds. The topological polar surface area (TPSA) is 146 Å². The van der Waals surface area contributed by atoms with Crippen molar-refractivity contribution in [1.82, 2.24) is 39.9 Å². The summed E-state index contributed by atoms with van der Waals surface area (Å²) in [6, 6.07) is 46.9. The number of aromatic amines is 2. The molecule has 0 spiro atoms. The number of nitrogens with zero attached hydrogens (tertiary/aromatic N) is 6. The van der Waals surface area contributed by atoms with Crippen LogP contribution in [0.15, 0.2) is 146 Å². The second-order valence-electron chi connectivity index (χ2n) is 40.4. The predicted molar refractivity (Wildman–Crippen MR) is 619 cm³/mol. The maximum absolute atomic E-state index is 7.11. The molecule has 8 aromatic carbocycles. The third-order valence-electron chi connectivity index (χ3n) is 33.1. The summed E-state index contributed by atoms with van der Waals surface area (Å²) in [5.41, 5.74) is 9.39. The lowest BCUT2D eigenvalue weighted by atomic mass is 8.78. The Bertz CT molecular complexity index is 6720. The third-order valence-corrected chi connectivity index (χ3v) is 33.1. The molecule has 10 aliphatic rings.